The van der Waals surface area contributed by atoms with Crippen molar-refractivity contribution in [2.75, 3.05) is 20.3 Å². The van der Waals surface area contributed by atoms with Crippen molar-refractivity contribution in [3.05, 3.63) is 40.1 Å². The molecule has 0 fully saturated rings. The minimum Gasteiger partial charge on any atom is -0.507 e. The maximum atomic E-state index is 12.9. The van der Waals surface area contributed by atoms with E-state index in [-0.39, 0.29) is 39.9 Å². The van der Waals surface area contributed by atoms with Crippen molar-refractivity contribution >= 4 is 21.9 Å². The number of aliphatic hydroxyl groups excluding tert-OH is 2. The molecule has 4 rings (SSSR count). The van der Waals surface area contributed by atoms with E-state index in [0.717, 1.165) is 0 Å². The summed E-state index contributed by atoms with van der Waals surface area (Å²) in [5, 5.41) is 39.8. The van der Waals surface area contributed by atoms with Gasteiger partial charge in [0.1, 0.15) is 34.2 Å². The largest absolute Gasteiger partial charge is 0.507 e. The number of benzene rings is 2. The molecule has 8 nitrogen and oxygen atoms in total. The molecule has 1 aliphatic rings. The molecule has 1 aliphatic heterocycles. The maximum Gasteiger partial charge on any atom is 0.204 e. The zero-order chi connectivity index (χ0) is 19.3. The monoisotopic (exact) mass is 374 g/mol. The third kappa shape index (κ3) is 2.45. The molecule has 0 saturated heterocycles. The Labute approximate surface area is 152 Å². The Kier molecular flexibility index (Phi) is 3.99. The van der Waals surface area contributed by atoms with E-state index in [9.17, 15) is 25.2 Å². The first-order valence-electron chi connectivity index (χ1n) is 8.32. The average Bonchev–Trinajstić information content (AvgIpc) is 3.11. The summed E-state index contributed by atoms with van der Waals surface area (Å²) in [6.07, 6.45) is -0.890. The second-order valence-corrected chi connectivity index (χ2v) is 6.58. The van der Waals surface area contributed by atoms with Crippen molar-refractivity contribution in [3.63, 3.8) is 0 Å². The van der Waals surface area contributed by atoms with Crippen LogP contribution in [-0.2, 0) is 6.42 Å². The van der Waals surface area contributed by atoms with Gasteiger partial charge in [-0.05, 0) is 12.1 Å². The van der Waals surface area contributed by atoms with Gasteiger partial charge >= 0.3 is 0 Å². The van der Waals surface area contributed by atoms with Gasteiger partial charge in [0.15, 0.2) is 11.3 Å². The van der Waals surface area contributed by atoms with E-state index in [1.165, 1.54) is 13.2 Å². The fraction of sp³-hybridized carbons (Fsp3) is 0.316. The molecular weight excluding hydrogens is 356 g/mol. The average molecular weight is 374 g/mol. The van der Waals surface area contributed by atoms with Crippen LogP contribution in [0.25, 0.3) is 21.9 Å². The Morgan fingerprint density at radius 3 is 2.67 bits per heavy atom. The molecule has 2 heterocycles. The zero-order valence-corrected chi connectivity index (χ0v) is 14.4. The van der Waals surface area contributed by atoms with Crippen molar-refractivity contribution in [1.29, 1.82) is 0 Å². The smallest absolute Gasteiger partial charge is 0.204 e. The van der Waals surface area contributed by atoms with Gasteiger partial charge in [0.25, 0.3) is 0 Å². The van der Waals surface area contributed by atoms with E-state index < -0.39 is 30.3 Å². The molecule has 2 aromatic carbocycles. The third-order valence-corrected chi connectivity index (χ3v) is 5.00. The van der Waals surface area contributed by atoms with Crippen LogP contribution in [0.3, 0.4) is 0 Å². The molecular formula is C19H18O8. The van der Waals surface area contributed by atoms with E-state index in [1.54, 1.807) is 18.2 Å². The molecule has 0 amide bonds. The van der Waals surface area contributed by atoms with Gasteiger partial charge in [-0.1, -0.05) is 6.07 Å². The molecule has 4 N–H and O–H groups in total. The number of ether oxygens (including phenoxy) is 2. The predicted molar refractivity (Wildman–Crippen MR) is 95.4 cm³/mol. The van der Waals surface area contributed by atoms with E-state index in [1.807, 2.05) is 0 Å². The van der Waals surface area contributed by atoms with Gasteiger partial charge in [-0.2, -0.15) is 0 Å². The van der Waals surface area contributed by atoms with Gasteiger partial charge in [-0.15, -0.1) is 0 Å². The summed E-state index contributed by atoms with van der Waals surface area (Å²) < 4.78 is 16.8. The summed E-state index contributed by atoms with van der Waals surface area (Å²) in [4.78, 5) is 12.9. The first kappa shape index (κ1) is 17.6. The molecule has 27 heavy (non-hydrogen) atoms. The summed E-state index contributed by atoms with van der Waals surface area (Å²) in [6.45, 7) is -1.43. The van der Waals surface area contributed by atoms with Crippen LogP contribution < -0.4 is 14.9 Å². The quantitative estimate of drug-likeness (QED) is 0.491. The van der Waals surface area contributed by atoms with Gasteiger partial charge in [0, 0.05) is 18.1 Å². The van der Waals surface area contributed by atoms with Crippen LogP contribution >= 0.6 is 0 Å². The van der Waals surface area contributed by atoms with Gasteiger partial charge in [-0.25, -0.2) is 0 Å². The summed E-state index contributed by atoms with van der Waals surface area (Å²) in [5.74, 6) is 0.253. The number of hydrogen-bond donors (Lipinski definition) is 4. The van der Waals surface area contributed by atoms with Crippen molar-refractivity contribution in [2.24, 2.45) is 0 Å². The van der Waals surface area contributed by atoms with Gasteiger partial charge in [-0.3, -0.25) is 4.79 Å². The predicted octanol–water partition coefficient (Wildman–Crippen LogP) is 0.680. The van der Waals surface area contributed by atoms with E-state index in [4.69, 9.17) is 13.9 Å². The first-order chi connectivity index (χ1) is 12.9. The molecule has 0 radical (unpaired) electrons. The van der Waals surface area contributed by atoms with Crippen molar-refractivity contribution in [3.8, 4) is 17.2 Å². The summed E-state index contributed by atoms with van der Waals surface area (Å²) in [5.41, 5.74) is -1.50. The summed E-state index contributed by atoms with van der Waals surface area (Å²) in [7, 11) is 1.45. The van der Waals surface area contributed by atoms with E-state index >= 15 is 0 Å². The van der Waals surface area contributed by atoms with Crippen molar-refractivity contribution in [2.45, 2.75) is 18.1 Å². The van der Waals surface area contributed by atoms with Crippen molar-refractivity contribution < 1.29 is 34.3 Å². The van der Waals surface area contributed by atoms with Crippen LogP contribution in [-0.4, -0.2) is 52.5 Å². The fourth-order valence-electron chi connectivity index (χ4n) is 3.42. The molecule has 1 aromatic heterocycles. The van der Waals surface area contributed by atoms with Crippen LogP contribution in [0.1, 0.15) is 5.56 Å². The van der Waals surface area contributed by atoms with E-state index in [0.29, 0.717) is 11.3 Å². The van der Waals surface area contributed by atoms with Crippen LogP contribution in [0.5, 0.6) is 17.2 Å². The highest BCUT2D eigenvalue weighted by molar-refractivity contribution is 5.97. The summed E-state index contributed by atoms with van der Waals surface area (Å²) >= 11 is 0. The molecule has 0 bridgehead atoms. The van der Waals surface area contributed by atoms with Gasteiger partial charge in [0.2, 0.25) is 5.43 Å². The second-order valence-electron chi connectivity index (χ2n) is 6.58. The molecule has 1 unspecified atom stereocenters. The first-order valence-corrected chi connectivity index (χ1v) is 8.32. The lowest BCUT2D eigenvalue weighted by atomic mass is 9.94. The number of fused-ring (bicyclic) bond motifs is 4. The molecule has 142 valence electrons. The van der Waals surface area contributed by atoms with Gasteiger partial charge < -0.3 is 34.3 Å². The SMILES string of the molecule is COc1cccc2c(=O)c3c(O)cc4c(c3oc12)CC(C(O)(CO)CO)O4. The lowest BCUT2D eigenvalue weighted by Gasteiger charge is -2.29. The number of aromatic hydroxyl groups is 1. The number of aliphatic hydroxyl groups is 3. The number of methoxy groups -OCH3 is 1. The minimum atomic E-state index is -1.88. The minimum absolute atomic E-state index is 0.00436. The molecule has 0 saturated carbocycles. The Morgan fingerprint density at radius 2 is 2.00 bits per heavy atom. The highest BCUT2D eigenvalue weighted by atomic mass is 16.5. The third-order valence-electron chi connectivity index (χ3n) is 5.00. The van der Waals surface area contributed by atoms with Crippen LogP contribution in [0.2, 0.25) is 0 Å². The molecule has 0 aliphatic carbocycles. The zero-order valence-electron chi connectivity index (χ0n) is 14.4. The Bertz CT molecular complexity index is 1100. The highest BCUT2D eigenvalue weighted by Crippen LogP contribution is 2.42. The maximum absolute atomic E-state index is 12.9. The normalized spacial score (nSPS) is 16.5. The van der Waals surface area contributed by atoms with Gasteiger partial charge in [0.05, 0.1) is 25.7 Å². The molecule has 1 atom stereocenters. The summed E-state index contributed by atoms with van der Waals surface area (Å²) in [6, 6.07) is 6.15. The second kappa shape index (κ2) is 6.12. The van der Waals surface area contributed by atoms with Crippen LogP contribution in [0, 0.1) is 0 Å². The van der Waals surface area contributed by atoms with E-state index in [2.05, 4.69) is 0 Å². The van der Waals surface area contributed by atoms with Crippen LogP contribution in [0.4, 0.5) is 0 Å². The lowest BCUT2D eigenvalue weighted by Crippen LogP contribution is -2.51. The van der Waals surface area contributed by atoms with Crippen LogP contribution in [0.15, 0.2) is 33.5 Å². The van der Waals surface area contributed by atoms with Crippen molar-refractivity contribution in [1.82, 2.24) is 0 Å². The highest BCUT2D eigenvalue weighted by Gasteiger charge is 2.43. The molecule has 3 aromatic rings. The standard InChI is InChI=1S/C19H18O8/c1-25-12-4-2-3-9-16(23)15-11(22)6-13-10(18(15)27-17(9)12)5-14(26-13)19(24,7-20)8-21/h2-4,6,14,20-22,24H,5,7-8H2,1H3. The lowest BCUT2D eigenvalue weighted by molar-refractivity contribution is -0.115. The number of para-hydroxylation sites is 1. The molecule has 0 spiro atoms. The number of rotatable bonds is 4. The number of phenolic OH excluding ortho intramolecular Hbond substituents is 1. The fourth-order valence-corrected chi connectivity index (χ4v) is 3.42. The number of hydrogen-bond acceptors (Lipinski definition) is 8. The topological polar surface area (TPSA) is 130 Å². The Morgan fingerprint density at radius 1 is 1.26 bits per heavy atom. The number of phenols is 1. The Balaban J connectivity index is 2.00. The molecule has 8 heteroatoms. The Hall–Kier alpha value is -2.81.